The van der Waals surface area contributed by atoms with E-state index in [4.69, 9.17) is 0 Å². The monoisotopic (exact) mass is 248 g/mol. The molecule has 3 nitrogen and oxygen atoms in total. The Labute approximate surface area is 110 Å². The highest BCUT2D eigenvalue weighted by atomic mass is 16.3. The minimum atomic E-state index is 0.141. The summed E-state index contributed by atoms with van der Waals surface area (Å²) in [5, 5.41) is 13.1. The zero-order valence-electron chi connectivity index (χ0n) is 11.1. The van der Waals surface area contributed by atoms with E-state index in [0.717, 1.165) is 25.2 Å². The zero-order chi connectivity index (χ0) is 12.7. The maximum absolute atomic E-state index is 9.61. The molecule has 1 aromatic rings. The topological polar surface area (TPSA) is 45.1 Å². The van der Waals surface area contributed by atoms with Crippen molar-refractivity contribution in [2.75, 3.05) is 19.7 Å². The fourth-order valence-corrected chi connectivity index (χ4v) is 2.81. The van der Waals surface area contributed by atoms with E-state index in [-0.39, 0.29) is 5.41 Å². The van der Waals surface area contributed by atoms with Gasteiger partial charge in [0.1, 0.15) is 0 Å². The Balaban J connectivity index is 1.71. The summed E-state index contributed by atoms with van der Waals surface area (Å²) in [5.74, 6) is 0. The SMILES string of the molecule is OCC1(CNCCc2ccccn2)CCCCC1. The van der Waals surface area contributed by atoms with Crippen LogP contribution in [0.25, 0.3) is 0 Å². The molecule has 0 saturated heterocycles. The zero-order valence-corrected chi connectivity index (χ0v) is 11.1. The van der Waals surface area contributed by atoms with Crippen LogP contribution in [-0.2, 0) is 6.42 Å². The molecular weight excluding hydrogens is 224 g/mol. The van der Waals surface area contributed by atoms with Crippen LogP contribution in [-0.4, -0.2) is 29.8 Å². The molecule has 0 atom stereocenters. The molecule has 0 amide bonds. The Bertz CT molecular complexity index is 334. The number of pyridine rings is 1. The number of aromatic nitrogens is 1. The predicted molar refractivity (Wildman–Crippen MR) is 73.4 cm³/mol. The number of aliphatic hydroxyl groups excluding tert-OH is 1. The van der Waals surface area contributed by atoms with E-state index < -0.39 is 0 Å². The number of hydrogen-bond acceptors (Lipinski definition) is 3. The van der Waals surface area contributed by atoms with Gasteiger partial charge in [-0.25, -0.2) is 0 Å². The molecule has 1 aliphatic carbocycles. The van der Waals surface area contributed by atoms with Gasteiger partial charge in [-0.2, -0.15) is 0 Å². The van der Waals surface area contributed by atoms with Crippen molar-refractivity contribution in [3.8, 4) is 0 Å². The lowest BCUT2D eigenvalue weighted by Gasteiger charge is -2.35. The lowest BCUT2D eigenvalue weighted by molar-refractivity contribution is 0.0816. The number of hydrogen-bond donors (Lipinski definition) is 2. The number of rotatable bonds is 6. The normalized spacial score (nSPS) is 18.7. The largest absolute Gasteiger partial charge is 0.396 e. The molecule has 1 saturated carbocycles. The van der Waals surface area contributed by atoms with Gasteiger partial charge < -0.3 is 10.4 Å². The van der Waals surface area contributed by atoms with E-state index in [9.17, 15) is 5.11 Å². The summed E-state index contributed by atoms with van der Waals surface area (Å²) >= 11 is 0. The van der Waals surface area contributed by atoms with E-state index in [0.29, 0.717) is 6.61 Å². The average Bonchev–Trinajstić information content (AvgIpc) is 2.46. The van der Waals surface area contributed by atoms with Crippen molar-refractivity contribution in [1.82, 2.24) is 10.3 Å². The second-order valence-electron chi connectivity index (χ2n) is 5.47. The Kier molecular flexibility index (Phi) is 5.14. The second-order valence-corrected chi connectivity index (χ2v) is 5.47. The van der Waals surface area contributed by atoms with E-state index in [1.165, 1.54) is 32.1 Å². The maximum Gasteiger partial charge on any atom is 0.0499 e. The molecule has 1 heterocycles. The lowest BCUT2D eigenvalue weighted by atomic mass is 9.74. The first kappa shape index (κ1) is 13.5. The van der Waals surface area contributed by atoms with Crippen LogP contribution in [0.5, 0.6) is 0 Å². The summed E-state index contributed by atoms with van der Waals surface area (Å²) in [6, 6.07) is 6.03. The van der Waals surface area contributed by atoms with Gasteiger partial charge in [-0.3, -0.25) is 4.98 Å². The van der Waals surface area contributed by atoms with Gasteiger partial charge in [0.25, 0.3) is 0 Å². The highest BCUT2D eigenvalue weighted by Crippen LogP contribution is 2.35. The molecule has 0 bridgehead atoms. The molecule has 0 aliphatic heterocycles. The van der Waals surface area contributed by atoms with Crippen LogP contribution in [0.4, 0.5) is 0 Å². The molecule has 3 heteroatoms. The van der Waals surface area contributed by atoms with Crippen LogP contribution in [0.1, 0.15) is 37.8 Å². The molecular formula is C15H24N2O. The van der Waals surface area contributed by atoms with Crippen molar-refractivity contribution < 1.29 is 5.11 Å². The first-order chi connectivity index (χ1) is 8.85. The summed E-state index contributed by atoms with van der Waals surface area (Å²) in [5.41, 5.74) is 1.27. The van der Waals surface area contributed by atoms with Crippen LogP contribution >= 0.6 is 0 Å². The summed E-state index contributed by atoms with van der Waals surface area (Å²) in [7, 11) is 0. The third-order valence-electron chi connectivity index (χ3n) is 4.03. The molecule has 18 heavy (non-hydrogen) atoms. The van der Waals surface area contributed by atoms with Crippen LogP contribution < -0.4 is 5.32 Å². The van der Waals surface area contributed by atoms with Gasteiger partial charge in [0.05, 0.1) is 0 Å². The first-order valence-electron chi connectivity index (χ1n) is 7.06. The fraction of sp³-hybridized carbons (Fsp3) is 0.667. The number of aliphatic hydroxyl groups is 1. The van der Waals surface area contributed by atoms with Crippen molar-refractivity contribution in [3.63, 3.8) is 0 Å². The Hall–Kier alpha value is -0.930. The van der Waals surface area contributed by atoms with Crippen molar-refractivity contribution >= 4 is 0 Å². The maximum atomic E-state index is 9.61. The van der Waals surface area contributed by atoms with Crippen molar-refractivity contribution in [2.45, 2.75) is 38.5 Å². The highest BCUT2D eigenvalue weighted by Gasteiger charge is 2.30. The fourth-order valence-electron chi connectivity index (χ4n) is 2.81. The Morgan fingerprint density at radius 3 is 2.72 bits per heavy atom. The van der Waals surface area contributed by atoms with Gasteiger partial charge in [0, 0.05) is 43.4 Å². The third-order valence-corrected chi connectivity index (χ3v) is 4.03. The molecule has 0 radical (unpaired) electrons. The minimum absolute atomic E-state index is 0.141. The molecule has 2 rings (SSSR count). The van der Waals surface area contributed by atoms with Crippen molar-refractivity contribution in [1.29, 1.82) is 0 Å². The second kappa shape index (κ2) is 6.86. The van der Waals surface area contributed by atoms with E-state index in [1.807, 2.05) is 18.3 Å². The van der Waals surface area contributed by atoms with Crippen LogP contribution in [0.2, 0.25) is 0 Å². The predicted octanol–water partition coefficient (Wildman–Crippen LogP) is 2.16. The summed E-state index contributed by atoms with van der Waals surface area (Å²) < 4.78 is 0. The molecule has 1 fully saturated rings. The quantitative estimate of drug-likeness (QED) is 0.758. The molecule has 0 spiro atoms. The van der Waals surface area contributed by atoms with E-state index in [2.05, 4.69) is 16.4 Å². The molecule has 0 aromatic carbocycles. The smallest absolute Gasteiger partial charge is 0.0499 e. The standard InChI is InChI=1S/C15H24N2O/c18-13-15(8-3-1-4-9-15)12-16-11-7-14-6-2-5-10-17-14/h2,5-6,10,16,18H,1,3-4,7-9,11-13H2. The van der Waals surface area contributed by atoms with Crippen LogP contribution in [0.3, 0.4) is 0 Å². The van der Waals surface area contributed by atoms with E-state index >= 15 is 0 Å². The minimum Gasteiger partial charge on any atom is -0.396 e. The average molecular weight is 248 g/mol. The van der Waals surface area contributed by atoms with Gasteiger partial charge in [-0.05, 0) is 25.0 Å². The van der Waals surface area contributed by atoms with Crippen LogP contribution in [0, 0.1) is 5.41 Å². The summed E-state index contributed by atoms with van der Waals surface area (Å²) in [4.78, 5) is 4.31. The third kappa shape index (κ3) is 3.79. The molecule has 1 aliphatic rings. The van der Waals surface area contributed by atoms with Gasteiger partial charge in [0.15, 0.2) is 0 Å². The first-order valence-corrected chi connectivity index (χ1v) is 7.06. The number of nitrogens with zero attached hydrogens (tertiary/aromatic N) is 1. The molecule has 2 N–H and O–H groups in total. The molecule has 1 aromatic heterocycles. The Morgan fingerprint density at radius 2 is 2.06 bits per heavy atom. The molecule has 0 unspecified atom stereocenters. The van der Waals surface area contributed by atoms with Crippen molar-refractivity contribution in [3.05, 3.63) is 30.1 Å². The summed E-state index contributed by atoms with van der Waals surface area (Å²) in [6.07, 6.45) is 8.99. The van der Waals surface area contributed by atoms with Crippen molar-refractivity contribution in [2.24, 2.45) is 5.41 Å². The van der Waals surface area contributed by atoms with Gasteiger partial charge in [0.2, 0.25) is 0 Å². The van der Waals surface area contributed by atoms with Crippen LogP contribution in [0.15, 0.2) is 24.4 Å². The Morgan fingerprint density at radius 1 is 1.22 bits per heavy atom. The number of nitrogens with one attached hydrogen (secondary N) is 1. The highest BCUT2D eigenvalue weighted by molar-refractivity contribution is 5.03. The van der Waals surface area contributed by atoms with Gasteiger partial charge >= 0.3 is 0 Å². The van der Waals surface area contributed by atoms with Gasteiger partial charge in [-0.1, -0.05) is 25.3 Å². The van der Waals surface area contributed by atoms with Gasteiger partial charge in [-0.15, -0.1) is 0 Å². The summed E-state index contributed by atoms with van der Waals surface area (Å²) in [6.45, 7) is 2.21. The lowest BCUT2D eigenvalue weighted by Crippen LogP contribution is -2.39. The molecule has 100 valence electrons. The van der Waals surface area contributed by atoms with E-state index in [1.54, 1.807) is 0 Å².